The Morgan fingerprint density at radius 3 is 2.00 bits per heavy atom. The smallest absolute Gasteiger partial charge is 0.311 e. The largest absolute Gasteiger partial charge is 0.471 e. The quantitative estimate of drug-likeness (QED) is 0.509. The highest BCUT2D eigenvalue weighted by molar-refractivity contribution is 7.84. The molecule has 0 saturated heterocycles. The first kappa shape index (κ1) is 12.3. The van der Waals surface area contributed by atoms with Gasteiger partial charge in [-0.05, 0) is 0 Å². The van der Waals surface area contributed by atoms with Gasteiger partial charge in [-0.15, -0.1) is 12.6 Å². The predicted octanol–water partition coefficient (Wildman–Crippen LogP) is 0.853. The fourth-order valence-corrected chi connectivity index (χ4v) is 0.573. The monoisotopic (exact) mass is 221 g/mol. The van der Waals surface area contributed by atoms with Crippen LogP contribution in [0.1, 0.15) is 0 Å². The predicted molar refractivity (Wildman–Crippen MR) is 41.4 cm³/mol. The molecule has 0 unspecified atom stereocenters. The van der Waals surface area contributed by atoms with Gasteiger partial charge < -0.3 is 5.32 Å². The molecular weight excluding hydrogens is 219 g/mol. The number of nitriles is 2. The molecular formula is C6H2F3N3OS. The zero-order chi connectivity index (χ0) is 11.4. The molecule has 0 atom stereocenters. The highest BCUT2D eigenvalue weighted by Gasteiger charge is 2.39. The van der Waals surface area contributed by atoms with E-state index in [1.165, 1.54) is 17.5 Å². The summed E-state index contributed by atoms with van der Waals surface area (Å²) in [6, 6.07) is 2.54. The van der Waals surface area contributed by atoms with Crippen LogP contribution in [0.5, 0.6) is 0 Å². The molecule has 0 aliphatic rings. The van der Waals surface area contributed by atoms with E-state index in [2.05, 4.69) is 12.6 Å². The zero-order valence-electron chi connectivity index (χ0n) is 6.38. The highest BCUT2D eigenvalue weighted by atomic mass is 32.1. The standard InChI is InChI=1S/C6H2F3N3OS/c7-6(8,9)5(13)12-4(14)3(1-10)2-11/h14H,(H,12,13). The third-order valence-corrected chi connectivity index (χ3v) is 1.29. The van der Waals surface area contributed by atoms with Crippen LogP contribution >= 0.6 is 12.6 Å². The van der Waals surface area contributed by atoms with Crippen LogP contribution in [0.2, 0.25) is 0 Å². The van der Waals surface area contributed by atoms with E-state index in [-0.39, 0.29) is 0 Å². The fourth-order valence-electron chi connectivity index (χ4n) is 0.372. The van der Waals surface area contributed by atoms with Gasteiger partial charge in [0.05, 0.1) is 0 Å². The first-order chi connectivity index (χ1) is 6.32. The number of carbonyl (C=O) groups excluding carboxylic acids is 1. The van der Waals surface area contributed by atoms with Crippen molar-refractivity contribution in [1.29, 1.82) is 10.5 Å². The lowest BCUT2D eigenvalue weighted by molar-refractivity contribution is -0.172. The molecule has 1 amide bonds. The topological polar surface area (TPSA) is 76.7 Å². The molecule has 0 spiro atoms. The Kier molecular flexibility index (Phi) is 3.99. The Labute approximate surface area is 82.0 Å². The van der Waals surface area contributed by atoms with E-state index >= 15 is 0 Å². The van der Waals surface area contributed by atoms with Crippen LogP contribution in [-0.2, 0) is 4.79 Å². The molecule has 0 rings (SSSR count). The molecule has 0 bridgehead atoms. The Hall–Kier alpha value is -1.67. The number of hydrogen-bond acceptors (Lipinski definition) is 4. The van der Waals surface area contributed by atoms with Crippen molar-refractivity contribution in [3.8, 4) is 12.1 Å². The van der Waals surface area contributed by atoms with Crippen LogP contribution in [0.4, 0.5) is 13.2 Å². The molecule has 14 heavy (non-hydrogen) atoms. The summed E-state index contributed by atoms with van der Waals surface area (Å²) in [6.07, 6.45) is -5.08. The lowest BCUT2D eigenvalue weighted by atomic mass is 10.3. The van der Waals surface area contributed by atoms with Gasteiger partial charge in [0, 0.05) is 0 Å². The summed E-state index contributed by atoms with van der Waals surface area (Å²) in [7, 11) is 0. The van der Waals surface area contributed by atoms with E-state index in [0.29, 0.717) is 0 Å². The van der Waals surface area contributed by atoms with Crippen LogP contribution in [-0.4, -0.2) is 12.1 Å². The molecule has 0 aliphatic heterocycles. The summed E-state index contributed by atoms with van der Waals surface area (Å²) in [4.78, 5) is 10.3. The van der Waals surface area contributed by atoms with Crippen molar-refractivity contribution < 1.29 is 18.0 Å². The van der Waals surface area contributed by atoms with Crippen LogP contribution < -0.4 is 5.32 Å². The van der Waals surface area contributed by atoms with Gasteiger partial charge in [0.2, 0.25) is 0 Å². The van der Waals surface area contributed by atoms with E-state index < -0.39 is 22.7 Å². The maximum atomic E-state index is 11.6. The summed E-state index contributed by atoms with van der Waals surface area (Å²) in [5.41, 5.74) is -0.703. The Balaban J connectivity index is 4.76. The van der Waals surface area contributed by atoms with Gasteiger partial charge in [-0.25, -0.2) is 0 Å². The number of rotatable bonds is 1. The normalized spacial score (nSPS) is 9.57. The minimum atomic E-state index is -5.08. The maximum Gasteiger partial charge on any atom is 0.471 e. The van der Waals surface area contributed by atoms with Crippen LogP contribution in [0.15, 0.2) is 10.6 Å². The summed E-state index contributed by atoms with van der Waals surface area (Å²) in [5, 5.41) is 16.9. The van der Waals surface area contributed by atoms with Crippen LogP contribution in [0.25, 0.3) is 0 Å². The number of halogens is 3. The van der Waals surface area contributed by atoms with E-state index in [9.17, 15) is 18.0 Å². The highest BCUT2D eigenvalue weighted by Crippen LogP contribution is 2.16. The van der Waals surface area contributed by atoms with Gasteiger partial charge in [0.15, 0.2) is 5.57 Å². The minimum absolute atomic E-state index is 0.703. The maximum absolute atomic E-state index is 11.6. The van der Waals surface area contributed by atoms with Gasteiger partial charge >= 0.3 is 12.1 Å². The second kappa shape index (κ2) is 4.53. The van der Waals surface area contributed by atoms with Crippen molar-refractivity contribution in [2.24, 2.45) is 0 Å². The molecule has 0 heterocycles. The van der Waals surface area contributed by atoms with Gasteiger partial charge in [0.25, 0.3) is 0 Å². The van der Waals surface area contributed by atoms with Crippen molar-refractivity contribution in [3.63, 3.8) is 0 Å². The average Bonchev–Trinajstić information content (AvgIpc) is 2.04. The van der Waals surface area contributed by atoms with Crippen molar-refractivity contribution in [2.45, 2.75) is 6.18 Å². The van der Waals surface area contributed by atoms with Crippen molar-refractivity contribution >= 4 is 18.5 Å². The number of hydrogen-bond donors (Lipinski definition) is 2. The second-order valence-corrected chi connectivity index (χ2v) is 2.35. The number of alkyl halides is 3. The van der Waals surface area contributed by atoms with E-state index in [0.717, 1.165) is 0 Å². The zero-order valence-corrected chi connectivity index (χ0v) is 7.28. The minimum Gasteiger partial charge on any atom is -0.311 e. The molecule has 0 aromatic carbocycles. The molecule has 0 radical (unpaired) electrons. The average molecular weight is 221 g/mol. The van der Waals surface area contributed by atoms with E-state index in [1.807, 2.05) is 0 Å². The molecule has 0 aromatic heterocycles. The summed E-state index contributed by atoms with van der Waals surface area (Å²) in [5.74, 6) is -2.29. The number of amides is 1. The van der Waals surface area contributed by atoms with E-state index in [1.54, 1.807) is 0 Å². The molecule has 0 aliphatic carbocycles. The number of nitrogens with one attached hydrogen (secondary N) is 1. The number of allylic oxidation sites excluding steroid dienone is 1. The van der Waals surface area contributed by atoms with E-state index in [4.69, 9.17) is 10.5 Å². The van der Waals surface area contributed by atoms with Gasteiger partial charge in [-0.1, -0.05) is 0 Å². The van der Waals surface area contributed by atoms with Gasteiger partial charge in [-0.3, -0.25) is 4.79 Å². The summed E-state index contributed by atoms with van der Waals surface area (Å²) >= 11 is 3.36. The Morgan fingerprint density at radius 1 is 1.29 bits per heavy atom. The van der Waals surface area contributed by atoms with Gasteiger partial charge in [0.1, 0.15) is 17.2 Å². The molecule has 0 fully saturated rings. The molecule has 4 nitrogen and oxygen atoms in total. The fraction of sp³-hybridized carbons (Fsp3) is 0.167. The molecule has 0 saturated carbocycles. The van der Waals surface area contributed by atoms with Crippen molar-refractivity contribution in [1.82, 2.24) is 5.32 Å². The number of thiol groups is 1. The second-order valence-electron chi connectivity index (χ2n) is 1.90. The molecule has 0 aromatic rings. The first-order valence-electron chi connectivity index (χ1n) is 2.94. The number of carbonyl (C=O) groups is 1. The van der Waals surface area contributed by atoms with Crippen molar-refractivity contribution in [3.05, 3.63) is 10.6 Å². The van der Waals surface area contributed by atoms with Crippen molar-refractivity contribution in [2.75, 3.05) is 0 Å². The van der Waals surface area contributed by atoms with Gasteiger partial charge in [-0.2, -0.15) is 23.7 Å². The molecule has 1 N–H and O–H groups in total. The molecule has 8 heteroatoms. The Morgan fingerprint density at radius 2 is 1.71 bits per heavy atom. The number of nitrogens with zero attached hydrogens (tertiary/aromatic N) is 2. The third-order valence-electron chi connectivity index (χ3n) is 0.950. The SMILES string of the molecule is N#CC(C#N)=C(S)NC(=O)C(F)(F)F. The summed E-state index contributed by atoms with van der Waals surface area (Å²) in [6.45, 7) is 0. The third kappa shape index (κ3) is 3.37. The van der Waals surface area contributed by atoms with Crippen LogP contribution in [0, 0.1) is 22.7 Å². The Bertz CT molecular complexity index is 344. The summed E-state index contributed by atoms with van der Waals surface area (Å²) < 4.78 is 34.9. The molecule has 74 valence electrons. The lowest BCUT2D eigenvalue weighted by Gasteiger charge is -2.06. The van der Waals surface area contributed by atoms with Crippen LogP contribution in [0.3, 0.4) is 0 Å². The lowest BCUT2D eigenvalue weighted by Crippen LogP contribution is -2.35. The first-order valence-corrected chi connectivity index (χ1v) is 3.39.